The summed E-state index contributed by atoms with van der Waals surface area (Å²) in [5.74, 6) is 1.71. The Morgan fingerprint density at radius 1 is 0.933 bits per heavy atom. The van der Waals surface area contributed by atoms with Crippen molar-refractivity contribution in [3.63, 3.8) is 0 Å². The van der Waals surface area contributed by atoms with Crippen molar-refractivity contribution < 1.29 is 18.7 Å². The summed E-state index contributed by atoms with van der Waals surface area (Å²) in [5, 5.41) is 6.09. The van der Waals surface area contributed by atoms with Crippen molar-refractivity contribution in [3.8, 4) is 22.8 Å². The minimum absolute atomic E-state index is 0.230. The minimum atomic E-state index is -0.342. The molecule has 0 saturated carbocycles. The highest BCUT2D eigenvalue weighted by atomic mass is 16.5. The van der Waals surface area contributed by atoms with Crippen molar-refractivity contribution in [2.75, 3.05) is 26.1 Å². The third-order valence-corrected chi connectivity index (χ3v) is 4.26. The first-order valence-electron chi connectivity index (χ1n) is 10.1. The third-order valence-electron chi connectivity index (χ3n) is 4.26. The van der Waals surface area contributed by atoms with Crippen LogP contribution in [0.5, 0.6) is 11.5 Å². The topological polar surface area (TPSA) is 72.7 Å². The van der Waals surface area contributed by atoms with Crippen molar-refractivity contribution in [1.82, 2.24) is 5.32 Å². The molecule has 0 saturated heterocycles. The highest BCUT2D eigenvalue weighted by Gasteiger charge is 2.14. The molecule has 2 N–H and O–H groups in total. The number of carbonyl (C=O) groups is 1. The van der Waals surface area contributed by atoms with Crippen LogP contribution >= 0.6 is 0 Å². The van der Waals surface area contributed by atoms with Crippen molar-refractivity contribution in [1.29, 1.82) is 0 Å². The van der Waals surface area contributed by atoms with Gasteiger partial charge in [0.2, 0.25) is 0 Å². The quantitative estimate of drug-likeness (QED) is 0.524. The molecule has 0 atom stereocenters. The molecule has 160 valence electrons. The van der Waals surface area contributed by atoms with Gasteiger partial charge in [0.05, 0.1) is 14.2 Å². The SMILES string of the molecule is CC.CCNCc1ccc(-c2ccc(C(=O)Nc3cc(OC)cc(OC)c3)o2)cc1. The molecule has 0 aliphatic rings. The normalized spacial score (nSPS) is 10.0. The maximum atomic E-state index is 12.5. The monoisotopic (exact) mass is 410 g/mol. The smallest absolute Gasteiger partial charge is 0.291 e. The Balaban J connectivity index is 0.00000155. The molecule has 1 aromatic heterocycles. The largest absolute Gasteiger partial charge is 0.497 e. The zero-order chi connectivity index (χ0) is 21.9. The highest BCUT2D eigenvalue weighted by Crippen LogP contribution is 2.27. The lowest BCUT2D eigenvalue weighted by Crippen LogP contribution is -2.11. The fourth-order valence-electron chi connectivity index (χ4n) is 2.74. The average molecular weight is 411 g/mol. The van der Waals surface area contributed by atoms with Gasteiger partial charge in [-0.25, -0.2) is 0 Å². The minimum Gasteiger partial charge on any atom is -0.497 e. The van der Waals surface area contributed by atoms with Gasteiger partial charge in [0, 0.05) is 36.0 Å². The van der Waals surface area contributed by atoms with Crippen LogP contribution in [0.4, 0.5) is 5.69 Å². The van der Waals surface area contributed by atoms with E-state index in [1.807, 2.05) is 38.1 Å². The average Bonchev–Trinajstić information content (AvgIpc) is 3.29. The molecular formula is C24H30N2O4. The van der Waals surface area contributed by atoms with E-state index in [4.69, 9.17) is 13.9 Å². The Labute approximate surface area is 178 Å². The second-order valence-corrected chi connectivity index (χ2v) is 6.20. The van der Waals surface area contributed by atoms with Crippen LogP contribution in [0, 0.1) is 0 Å². The van der Waals surface area contributed by atoms with E-state index in [-0.39, 0.29) is 11.7 Å². The summed E-state index contributed by atoms with van der Waals surface area (Å²) in [6, 6.07) is 16.7. The van der Waals surface area contributed by atoms with Crippen molar-refractivity contribution in [3.05, 3.63) is 65.9 Å². The second kappa shape index (κ2) is 11.7. The van der Waals surface area contributed by atoms with E-state index in [0.29, 0.717) is 22.9 Å². The van der Waals surface area contributed by atoms with Crippen LogP contribution in [0.25, 0.3) is 11.3 Å². The second-order valence-electron chi connectivity index (χ2n) is 6.20. The first-order chi connectivity index (χ1) is 14.6. The first kappa shape index (κ1) is 23.0. The van der Waals surface area contributed by atoms with Crippen molar-refractivity contribution in [2.45, 2.75) is 27.3 Å². The lowest BCUT2D eigenvalue weighted by molar-refractivity contribution is 0.0997. The molecule has 6 heteroatoms. The highest BCUT2D eigenvalue weighted by molar-refractivity contribution is 6.02. The van der Waals surface area contributed by atoms with Crippen LogP contribution in [0.1, 0.15) is 36.9 Å². The van der Waals surface area contributed by atoms with Gasteiger partial charge < -0.3 is 24.5 Å². The van der Waals surface area contributed by atoms with E-state index in [1.165, 1.54) is 5.56 Å². The van der Waals surface area contributed by atoms with Gasteiger partial charge in [-0.3, -0.25) is 4.79 Å². The van der Waals surface area contributed by atoms with Gasteiger partial charge in [0.25, 0.3) is 5.91 Å². The summed E-state index contributed by atoms with van der Waals surface area (Å²) in [6.45, 7) is 7.83. The molecule has 0 bridgehead atoms. The van der Waals surface area contributed by atoms with Gasteiger partial charge in [-0.1, -0.05) is 45.0 Å². The van der Waals surface area contributed by atoms with E-state index < -0.39 is 0 Å². The fraction of sp³-hybridized carbons (Fsp3) is 0.292. The van der Waals surface area contributed by atoms with E-state index >= 15 is 0 Å². The molecule has 0 aliphatic heterocycles. The number of methoxy groups -OCH3 is 2. The van der Waals surface area contributed by atoms with Gasteiger partial charge in [-0.15, -0.1) is 0 Å². The van der Waals surface area contributed by atoms with E-state index in [1.54, 1.807) is 44.6 Å². The number of hydrogen-bond acceptors (Lipinski definition) is 5. The maximum Gasteiger partial charge on any atom is 0.291 e. The summed E-state index contributed by atoms with van der Waals surface area (Å²) >= 11 is 0. The fourth-order valence-corrected chi connectivity index (χ4v) is 2.74. The molecule has 0 unspecified atom stereocenters. The van der Waals surface area contributed by atoms with Gasteiger partial charge in [-0.05, 0) is 24.2 Å². The Bertz CT molecular complexity index is 910. The van der Waals surface area contributed by atoms with Crippen LogP contribution < -0.4 is 20.1 Å². The number of hydrogen-bond donors (Lipinski definition) is 2. The van der Waals surface area contributed by atoms with Crippen molar-refractivity contribution in [2.24, 2.45) is 0 Å². The summed E-state index contributed by atoms with van der Waals surface area (Å²) in [4.78, 5) is 12.5. The van der Waals surface area contributed by atoms with Crippen LogP contribution in [-0.4, -0.2) is 26.7 Å². The standard InChI is InChI=1S/C22H24N2O4.C2H6/c1-4-23-14-15-5-7-16(8-6-15)20-9-10-21(28-20)22(25)24-17-11-18(26-2)13-19(12-17)27-3;1-2/h5-13,23H,4,14H2,1-3H3,(H,24,25);1-2H3. The summed E-state index contributed by atoms with van der Waals surface area (Å²) in [7, 11) is 3.12. The van der Waals surface area contributed by atoms with Gasteiger partial charge in [0.1, 0.15) is 17.3 Å². The number of carbonyl (C=O) groups excluding carboxylic acids is 1. The zero-order valence-electron chi connectivity index (χ0n) is 18.2. The van der Waals surface area contributed by atoms with E-state index in [2.05, 4.69) is 17.6 Å². The number of nitrogens with one attached hydrogen (secondary N) is 2. The molecule has 30 heavy (non-hydrogen) atoms. The number of anilines is 1. The number of rotatable bonds is 8. The van der Waals surface area contributed by atoms with E-state index in [0.717, 1.165) is 18.7 Å². The molecule has 3 rings (SSSR count). The Morgan fingerprint density at radius 2 is 1.57 bits per heavy atom. The number of furan rings is 1. The predicted octanol–water partition coefficient (Wildman–Crippen LogP) is 5.35. The molecule has 0 fully saturated rings. The van der Waals surface area contributed by atoms with Crippen LogP contribution in [0.3, 0.4) is 0 Å². The molecule has 6 nitrogen and oxygen atoms in total. The maximum absolute atomic E-state index is 12.5. The Hall–Kier alpha value is -3.25. The molecule has 0 spiro atoms. The van der Waals surface area contributed by atoms with Crippen LogP contribution in [-0.2, 0) is 6.54 Å². The molecule has 1 heterocycles. The number of amides is 1. The molecule has 3 aromatic rings. The van der Waals surface area contributed by atoms with E-state index in [9.17, 15) is 4.79 Å². The lowest BCUT2D eigenvalue weighted by Gasteiger charge is -2.09. The molecule has 2 aromatic carbocycles. The molecule has 1 amide bonds. The Morgan fingerprint density at radius 3 is 2.13 bits per heavy atom. The molecular weight excluding hydrogens is 380 g/mol. The van der Waals surface area contributed by atoms with Crippen LogP contribution in [0.2, 0.25) is 0 Å². The van der Waals surface area contributed by atoms with Gasteiger partial charge in [-0.2, -0.15) is 0 Å². The summed E-state index contributed by atoms with van der Waals surface area (Å²) < 4.78 is 16.2. The number of benzene rings is 2. The summed E-state index contributed by atoms with van der Waals surface area (Å²) in [5.41, 5.74) is 2.68. The predicted molar refractivity (Wildman–Crippen MR) is 120 cm³/mol. The molecule has 0 aliphatic carbocycles. The van der Waals surface area contributed by atoms with Crippen LogP contribution in [0.15, 0.2) is 59.0 Å². The first-order valence-corrected chi connectivity index (χ1v) is 10.1. The zero-order valence-corrected chi connectivity index (χ0v) is 18.2. The Kier molecular flexibility index (Phi) is 8.97. The molecule has 0 radical (unpaired) electrons. The lowest BCUT2D eigenvalue weighted by atomic mass is 10.1. The number of ether oxygens (including phenoxy) is 2. The van der Waals surface area contributed by atoms with Crippen molar-refractivity contribution >= 4 is 11.6 Å². The van der Waals surface area contributed by atoms with Gasteiger partial charge in [0.15, 0.2) is 5.76 Å². The third kappa shape index (κ3) is 6.12. The van der Waals surface area contributed by atoms with Gasteiger partial charge >= 0.3 is 0 Å². The summed E-state index contributed by atoms with van der Waals surface area (Å²) in [6.07, 6.45) is 0.